The monoisotopic (exact) mass is 280 g/mol. The largest absolute Gasteiger partial charge is 0.306 e. The van der Waals surface area contributed by atoms with E-state index in [1.807, 2.05) is 0 Å². The van der Waals surface area contributed by atoms with Crippen LogP contribution in [0, 0.1) is 5.92 Å². The third-order valence-electron chi connectivity index (χ3n) is 4.37. The molecule has 1 heterocycles. The fourth-order valence-corrected chi connectivity index (χ4v) is 3.20. The molecule has 1 aliphatic heterocycles. The third-order valence-corrected chi connectivity index (χ3v) is 4.37. The van der Waals surface area contributed by atoms with Crippen LogP contribution < -0.4 is 5.32 Å². The van der Waals surface area contributed by atoms with Gasteiger partial charge in [-0.15, -0.1) is 0 Å². The van der Waals surface area contributed by atoms with Crippen molar-refractivity contribution in [1.82, 2.24) is 10.2 Å². The van der Waals surface area contributed by atoms with Crippen molar-refractivity contribution in [2.24, 2.45) is 5.92 Å². The molecule has 1 N–H and O–H groups in total. The lowest BCUT2D eigenvalue weighted by Gasteiger charge is -2.22. The van der Waals surface area contributed by atoms with E-state index < -0.39 is 0 Å². The molecular weight excluding hydrogens is 256 g/mol. The van der Waals surface area contributed by atoms with Crippen molar-refractivity contribution in [2.45, 2.75) is 12.5 Å². The van der Waals surface area contributed by atoms with Crippen molar-refractivity contribution in [3.8, 4) is 0 Å². The molecule has 3 rings (SSSR count). The molecule has 0 amide bonds. The lowest BCUT2D eigenvalue weighted by Crippen LogP contribution is -2.29. The molecule has 0 spiro atoms. The van der Waals surface area contributed by atoms with Gasteiger partial charge in [-0.05, 0) is 37.1 Å². The van der Waals surface area contributed by atoms with E-state index in [0.29, 0.717) is 6.04 Å². The summed E-state index contributed by atoms with van der Waals surface area (Å²) in [7, 11) is 2.21. The highest BCUT2D eigenvalue weighted by molar-refractivity contribution is 5.31. The Labute approximate surface area is 127 Å². The van der Waals surface area contributed by atoms with Crippen molar-refractivity contribution in [3.63, 3.8) is 0 Å². The van der Waals surface area contributed by atoms with E-state index in [1.54, 1.807) is 0 Å². The van der Waals surface area contributed by atoms with Crippen LogP contribution in [0.1, 0.15) is 23.6 Å². The Morgan fingerprint density at radius 1 is 1.00 bits per heavy atom. The molecule has 1 saturated heterocycles. The molecule has 2 nitrogen and oxygen atoms in total. The van der Waals surface area contributed by atoms with E-state index in [1.165, 1.54) is 30.6 Å². The van der Waals surface area contributed by atoms with Gasteiger partial charge in [0.1, 0.15) is 0 Å². The number of hydrogen-bond acceptors (Lipinski definition) is 2. The van der Waals surface area contributed by atoms with Gasteiger partial charge < -0.3 is 10.2 Å². The summed E-state index contributed by atoms with van der Waals surface area (Å²) >= 11 is 0. The smallest absolute Gasteiger partial charge is 0.0576 e. The molecule has 0 saturated carbocycles. The molecule has 1 aliphatic rings. The highest BCUT2D eigenvalue weighted by Gasteiger charge is 2.21. The minimum atomic E-state index is 0.290. The van der Waals surface area contributed by atoms with Gasteiger partial charge in [0.2, 0.25) is 0 Å². The average Bonchev–Trinajstić information content (AvgIpc) is 2.95. The molecule has 21 heavy (non-hydrogen) atoms. The zero-order valence-corrected chi connectivity index (χ0v) is 12.7. The summed E-state index contributed by atoms with van der Waals surface area (Å²) in [6.07, 6.45) is 1.31. The van der Waals surface area contributed by atoms with Gasteiger partial charge in [0.05, 0.1) is 6.04 Å². The lowest BCUT2D eigenvalue weighted by molar-refractivity contribution is 0.384. The Balaban J connectivity index is 1.74. The number of hydrogen-bond donors (Lipinski definition) is 1. The van der Waals surface area contributed by atoms with Crippen LogP contribution in [-0.2, 0) is 0 Å². The molecule has 0 bridgehead atoms. The SMILES string of the molecule is CN1CCC(CNC(c2ccccc2)c2ccccc2)C1. The summed E-state index contributed by atoms with van der Waals surface area (Å²) in [5, 5.41) is 3.79. The normalized spacial score (nSPS) is 19.2. The van der Waals surface area contributed by atoms with Crippen LogP contribution in [0.4, 0.5) is 0 Å². The number of benzene rings is 2. The van der Waals surface area contributed by atoms with E-state index in [9.17, 15) is 0 Å². The van der Waals surface area contributed by atoms with Crippen LogP contribution in [0.15, 0.2) is 60.7 Å². The van der Waals surface area contributed by atoms with Crippen molar-refractivity contribution in [2.75, 3.05) is 26.7 Å². The van der Waals surface area contributed by atoms with Gasteiger partial charge in [-0.25, -0.2) is 0 Å². The first kappa shape index (κ1) is 14.3. The van der Waals surface area contributed by atoms with Gasteiger partial charge in [-0.3, -0.25) is 0 Å². The maximum absolute atomic E-state index is 3.79. The number of likely N-dealkylation sites (tertiary alicyclic amines) is 1. The van der Waals surface area contributed by atoms with Gasteiger partial charge in [-0.2, -0.15) is 0 Å². The second kappa shape index (κ2) is 6.88. The first-order valence-electron chi connectivity index (χ1n) is 7.85. The first-order valence-corrected chi connectivity index (χ1v) is 7.85. The summed E-state index contributed by atoms with van der Waals surface area (Å²) in [6, 6.07) is 21.8. The molecule has 1 unspecified atom stereocenters. The standard InChI is InChI=1S/C19H24N2/c1-21-13-12-16(15-21)14-20-19(17-8-4-2-5-9-17)18-10-6-3-7-11-18/h2-11,16,19-20H,12-15H2,1H3. The van der Waals surface area contributed by atoms with Gasteiger partial charge in [0.15, 0.2) is 0 Å². The Bertz CT molecular complexity index is 499. The van der Waals surface area contributed by atoms with E-state index in [0.717, 1.165) is 12.5 Å². The van der Waals surface area contributed by atoms with Crippen LogP contribution in [0.25, 0.3) is 0 Å². The number of rotatable bonds is 5. The quantitative estimate of drug-likeness (QED) is 0.904. The van der Waals surface area contributed by atoms with Crippen LogP contribution in [0.3, 0.4) is 0 Å². The van der Waals surface area contributed by atoms with Gasteiger partial charge in [0.25, 0.3) is 0 Å². The summed E-state index contributed by atoms with van der Waals surface area (Å²) in [5.74, 6) is 0.768. The molecule has 2 heteroatoms. The third kappa shape index (κ3) is 3.72. The van der Waals surface area contributed by atoms with E-state index in [-0.39, 0.29) is 0 Å². The highest BCUT2D eigenvalue weighted by Crippen LogP contribution is 2.23. The van der Waals surface area contributed by atoms with Crippen LogP contribution in [0.5, 0.6) is 0 Å². The molecule has 1 atom stereocenters. The van der Waals surface area contributed by atoms with Crippen LogP contribution in [0.2, 0.25) is 0 Å². The Kier molecular flexibility index (Phi) is 4.69. The Morgan fingerprint density at radius 2 is 1.57 bits per heavy atom. The molecule has 2 aromatic carbocycles. The first-order chi connectivity index (χ1) is 10.3. The van der Waals surface area contributed by atoms with Crippen molar-refractivity contribution < 1.29 is 0 Å². The second-order valence-electron chi connectivity index (χ2n) is 6.08. The topological polar surface area (TPSA) is 15.3 Å². The number of nitrogens with one attached hydrogen (secondary N) is 1. The molecule has 110 valence electrons. The van der Waals surface area contributed by atoms with Gasteiger partial charge in [0, 0.05) is 13.1 Å². The maximum atomic E-state index is 3.79. The predicted octanol–water partition coefficient (Wildman–Crippen LogP) is 3.32. The summed E-state index contributed by atoms with van der Waals surface area (Å²) < 4.78 is 0. The molecule has 1 fully saturated rings. The van der Waals surface area contributed by atoms with Gasteiger partial charge >= 0.3 is 0 Å². The highest BCUT2D eigenvalue weighted by atomic mass is 15.1. The van der Waals surface area contributed by atoms with E-state index >= 15 is 0 Å². The summed E-state index contributed by atoms with van der Waals surface area (Å²) in [6.45, 7) is 3.52. The molecular formula is C19H24N2. The minimum absolute atomic E-state index is 0.290. The average molecular weight is 280 g/mol. The molecule has 0 aliphatic carbocycles. The molecule has 0 radical (unpaired) electrons. The summed E-state index contributed by atoms with van der Waals surface area (Å²) in [4.78, 5) is 2.42. The number of nitrogens with zero attached hydrogens (tertiary/aromatic N) is 1. The van der Waals surface area contributed by atoms with Crippen molar-refractivity contribution in [1.29, 1.82) is 0 Å². The Morgan fingerprint density at radius 3 is 2.05 bits per heavy atom. The maximum Gasteiger partial charge on any atom is 0.0576 e. The van der Waals surface area contributed by atoms with Crippen molar-refractivity contribution in [3.05, 3.63) is 71.8 Å². The lowest BCUT2D eigenvalue weighted by atomic mass is 9.98. The Hall–Kier alpha value is -1.64. The minimum Gasteiger partial charge on any atom is -0.306 e. The summed E-state index contributed by atoms with van der Waals surface area (Å²) in [5.41, 5.74) is 2.69. The second-order valence-corrected chi connectivity index (χ2v) is 6.08. The van der Waals surface area contributed by atoms with Crippen LogP contribution >= 0.6 is 0 Å². The fraction of sp³-hybridized carbons (Fsp3) is 0.368. The zero-order valence-electron chi connectivity index (χ0n) is 12.7. The van der Waals surface area contributed by atoms with Crippen LogP contribution in [-0.4, -0.2) is 31.6 Å². The molecule has 0 aromatic heterocycles. The zero-order chi connectivity index (χ0) is 14.5. The van der Waals surface area contributed by atoms with E-state index in [2.05, 4.69) is 77.9 Å². The van der Waals surface area contributed by atoms with Gasteiger partial charge in [-0.1, -0.05) is 60.7 Å². The molecule has 2 aromatic rings. The van der Waals surface area contributed by atoms with Crippen molar-refractivity contribution >= 4 is 0 Å². The predicted molar refractivity (Wildman–Crippen MR) is 88.3 cm³/mol. The van der Waals surface area contributed by atoms with E-state index in [4.69, 9.17) is 0 Å². The fourth-order valence-electron chi connectivity index (χ4n) is 3.20.